The van der Waals surface area contributed by atoms with E-state index in [1.165, 1.54) is 0 Å². The van der Waals surface area contributed by atoms with Gasteiger partial charge in [-0.15, -0.1) is 0 Å². The number of pyridine rings is 1. The number of fused-ring (bicyclic) bond motifs is 1. The molecule has 4 nitrogen and oxygen atoms in total. The van der Waals surface area contributed by atoms with Crippen LogP contribution in [0.3, 0.4) is 0 Å². The van der Waals surface area contributed by atoms with Gasteiger partial charge in [-0.2, -0.15) is 0 Å². The molecule has 0 N–H and O–H groups in total. The van der Waals surface area contributed by atoms with Crippen molar-refractivity contribution in [2.45, 2.75) is 6.61 Å². The van der Waals surface area contributed by atoms with Gasteiger partial charge in [0.15, 0.2) is 0 Å². The first-order valence-electron chi connectivity index (χ1n) is 9.73. The second-order valence-corrected chi connectivity index (χ2v) is 6.78. The van der Waals surface area contributed by atoms with E-state index in [0.29, 0.717) is 6.61 Å². The molecule has 1 aromatic heterocycles. The maximum atomic E-state index is 6.06. The van der Waals surface area contributed by atoms with Crippen LogP contribution >= 0.6 is 0 Å². The van der Waals surface area contributed by atoms with Gasteiger partial charge in [0.2, 0.25) is 0 Å². The molecule has 0 aliphatic rings. The first-order valence-corrected chi connectivity index (χ1v) is 9.73. The molecular weight excluding hydrogens is 374 g/mol. The zero-order valence-electron chi connectivity index (χ0n) is 17.0. The molecular formula is C26H23NO3. The van der Waals surface area contributed by atoms with Gasteiger partial charge < -0.3 is 14.2 Å². The standard InChI is InChI=1S/C26H23NO3/c1-28-23-16-13-20(25(17-23)29-2)11-14-22-15-12-21-9-6-10-24(26(21)27-22)30-18-19-7-4-3-5-8-19/h3-17H,18H2,1-2H3/b14-11-. The molecule has 4 heteroatoms. The molecule has 150 valence electrons. The molecule has 0 radical (unpaired) electrons. The van der Waals surface area contributed by atoms with Crippen LogP contribution in [0.1, 0.15) is 16.8 Å². The maximum absolute atomic E-state index is 6.06. The van der Waals surface area contributed by atoms with Crippen molar-refractivity contribution in [1.82, 2.24) is 4.98 Å². The number of rotatable bonds is 7. The Morgan fingerprint density at radius 1 is 0.767 bits per heavy atom. The summed E-state index contributed by atoms with van der Waals surface area (Å²) in [5.74, 6) is 2.28. The zero-order valence-corrected chi connectivity index (χ0v) is 17.0. The van der Waals surface area contributed by atoms with Gasteiger partial charge in [0, 0.05) is 17.0 Å². The SMILES string of the molecule is COc1ccc(/C=C\c2ccc3cccc(OCc4ccccc4)c3n2)c(OC)c1. The molecule has 0 saturated heterocycles. The second-order valence-electron chi connectivity index (χ2n) is 6.78. The highest BCUT2D eigenvalue weighted by Crippen LogP contribution is 2.28. The summed E-state index contributed by atoms with van der Waals surface area (Å²) in [6, 6.07) is 25.9. The largest absolute Gasteiger partial charge is 0.497 e. The van der Waals surface area contributed by atoms with Gasteiger partial charge in [0.25, 0.3) is 0 Å². The van der Waals surface area contributed by atoms with Crippen LogP contribution in [0.15, 0.2) is 78.9 Å². The van der Waals surface area contributed by atoms with Crippen LogP contribution in [0.4, 0.5) is 0 Å². The summed E-state index contributed by atoms with van der Waals surface area (Å²) < 4.78 is 16.8. The molecule has 4 rings (SSSR count). The number of ether oxygens (including phenoxy) is 3. The van der Waals surface area contributed by atoms with E-state index in [1.54, 1.807) is 14.2 Å². The Labute approximate surface area is 176 Å². The Kier molecular flexibility index (Phi) is 5.95. The predicted octanol–water partition coefficient (Wildman–Crippen LogP) is 6.00. The number of hydrogen-bond acceptors (Lipinski definition) is 4. The van der Waals surface area contributed by atoms with E-state index in [0.717, 1.165) is 45.0 Å². The zero-order chi connectivity index (χ0) is 20.8. The third-order valence-corrected chi connectivity index (χ3v) is 4.82. The molecule has 0 amide bonds. The van der Waals surface area contributed by atoms with E-state index in [1.807, 2.05) is 72.8 Å². The highest BCUT2D eigenvalue weighted by atomic mass is 16.5. The van der Waals surface area contributed by atoms with Crippen molar-refractivity contribution in [3.63, 3.8) is 0 Å². The first-order chi connectivity index (χ1) is 14.8. The molecule has 0 fully saturated rings. The number of nitrogens with zero attached hydrogens (tertiary/aromatic N) is 1. The third kappa shape index (κ3) is 4.44. The van der Waals surface area contributed by atoms with E-state index >= 15 is 0 Å². The van der Waals surface area contributed by atoms with Gasteiger partial charge in [-0.25, -0.2) is 4.98 Å². The smallest absolute Gasteiger partial charge is 0.146 e. The van der Waals surface area contributed by atoms with E-state index in [2.05, 4.69) is 18.2 Å². The molecule has 0 aliphatic heterocycles. The van der Waals surface area contributed by atoms with Crippen molar-refractivity contribution < 1.29 is 14.2 Å². The first kappa shape index (κ1) is 19.5. The fourth-order valence-electron chi connectivity index (χ4n) is 3.21. The summed E-state index contributed by atoms with van der Waals surface area (Å²) in [5, 5.41) is 1.04. The van der Waals surface area contributed by atoms with Crippen molar-refractivity contribution in [3.05, 3.63) is 95.7 Å². The molecule has 4 aromatic rings. The van der Waals surface area contributed by atoms with Crippen molar-refractivity contribution in [3.8, 4) is 17.2 Å². The van der Waals surface area contributed by atoms with E-state index < -0.39 is 0 Å². The normalized spacial score (nSPS) is 11.0. The van der Waals surface area contributed by atoms with Crippen LogP contribution < -0.4 is 14.2 Å². The number of hydrogen-bond donors (Lipinski definition) is 0. The number of para-hydroxylation sites is 1. The Morgan fingerprint density at radius 2 is 1.63 bits per heavy atom. The summed E-state index contributed by atoms with van der Waals surface area (Å²) in [6.45, 7) is 0.505. The van der Waals surface area contributed by atoms with Crippen LogP contribution in [0, 0.1) is 0 Å². The summed E-state index contributed by atoms with van der Waals surface area (Å²) >= 11 is 0. The van der Waals surface area contributed by atoms with E-state index in [9.17, 15) is 0 Å². The fourth-order valence-corrected chi connectivity index (χ4v) is 3.21. The lowest BCUT2D eigenvalue weighted by Crippen LogP contribution is -1.97. The fraction of sp³-hybridized carbons (Fsp3) is 0.115. The van der Waals surface area contributed by atoms with Crippen molar-refractivity contribution >= 4 is 23.1 Å². The van der Waals surface area contributed by atoms with Crippen LogP contribution in [0.2, 0.25) is 0 Å². The van der Waals surface area contributed by atoms with Crippen molar-refractivity contribution in [1.29, 1.82) is 0 Å². The number of aromatic nitrogens is 1. The summed E-state index contributed by atoms with van der Waals surface area (Å²) in [4.78, 5) is 4.81. The third-order valence-electron chi connectivity index (χ3n) is 4.82. The quantitative estimate of drug-likeness (QED) is 0.383. The molecule has 0 bridgehead atoms. The Hall–Kier alpha value is -3.79. The second kappa shape index (κ2) is 9.14. The van der Waals surface area contributed by atoms with Gasteiger partial charge in [0.05, 0.1) is 19.9 Å². The maximum Gasteiger partial charge on any atom is 0.146 e. The Bertz CT molecular complexity index is 1170. The average Bonchev–Trinajstić information content (AvgIpc) is 2.81. The average molecular weight is 397 g/mol. The molecule has 3 aromatic carbocycles. The molecule has 0 spiro atoms. The van der Waals surface area contributed by atoms with Gasteiger partial charge in [-0.1, -0.05) is 48.5 Å². The van der Waals surface area contributed by atoms with E-state index in [-0.39, 0.29) is 0 Å². The van der Waals surface area contributed by atoms with Gasteiger partial charge >= 0.3 is 0 Å². The van der Waals surface area contributed by atoms with Crippen LogP contribution in [0.25, 0.3) is 23.1 Å². The van der Waals surface area contributed by atoms with Crippen LogP contribution in [-0.2, 0) is 6.61 Å². The minimum Gasteiger partial charge on any atom is -0.497 e. The summed E-state index contributed by atoms with van der Waals surface area (Å²) in [6.07, 6.45) is 3.96. The highest BCUT2D eigenvalue weighted by molar-refractivity contribution is 5.86. The molecule has 30 heavy (non-hydrogen) atoms. The number of methoxy groups -OCH3 is 2. The Morgan fingerprint density at radius 3 is 2.43 bits per heavy atom. The summed E-state index contributed by atoms with van der Waals surface area (Å²) in [5.41, 5.74) is 3.76. The van der Waals surface area contributed by atoms with Gasteiger partial charge in [-0.3, -0.25) is 0 Å². The van der Waals surface area contributed by atoms with E-state index in [4.69, 9.17) is 19.2 Å². The molecule has 1 heterocycles. The number of benzene rings is 3. The molecule has 0 atom stereocenters. The Balaban J connectivity index is 1.60. The lowest BCUT2D eigenvalue weighted by atomic mass is 10.1. The lowest BCUT2D eigenvalue weighted by molar-refractivity contribution is 0.309. The highest BCUT2D eigenvalue weighted by Gasteiger charge is 2.06. The minimum atomic E-state index is 0.505. The topological polar surface area (TPSA) is 40.6 Å². The molecule has 0 unspecified atom stereocenters. The monoisotopic (exact) mass is 397 g/mol. The van der Waals surface area contributed by atoms with Crippen molar-refractivity contribution in [2.24, 2.45) is 0 Å². The van der Waals surface area contributed by atoms with Gasteiger partial charge in [-0.05, 0) is 42.0 Å². The van der Waals surface area contributed by atoms with Crippen molar-refractivity contribution in [2.75, 3.05) is 14.2 Å². The summed E-state index contributed by atoms with van der Waals surface area (Å²) in [7, 11) is 3.29. The van der Waals surface area contributed by atoms with Crippen LogP contribution in [0.5, 0.6) is 17.2 Å². The van der Waals surface area contributed by atoms with Gasteiger partial charge in [0.1, 0.15) is 29.4 Å². The molecule has 0 aliphatic carbocycles. The molecule has 0 saturated carbocycles. The van der Waals surface area contributed by atoms with Crippen LogP contribution in [-0.4, -0.2) is 19.2 Å². The predicted molar refractivity (Wildman–Crippen MR) is 121 cm³/mol. The minimum absolute atomic E-state index is 0.505. The lowest BCUT2D eigenvalue weighted by Gasteiger charge is -2.10.